The minimum Gasteiger partial charge on any atom is -0.444 e. The molecular formula is C31H40N2O4. The summed E-state index contributed by atoms with van der Waals surface area (Å²) in [4.78, 5) is 33.1. The first-order valence-electron chi connectivity index (χ1n) is 13.9. The molecule has 2 atom stereocenters. The van der Waals surface area contributed by atoms with Crippen molar-refractivity contribution in [2.45, 2.75) is 101 Å². The summed E-state index contributed by atoms with van der Waals surface area (Å²) in [6.45, 7) is 6.95. The molecule has 3 aliphatic rings. The van der Waals surface area contributed by atoms with Crippen LogP contribution in [0.25, 0.3) is 0 Å². The van der Waals surface area contributed by atoms with Crippen LogP contribution in [-0.2, 0) is 14.9 Å². The number of ketones is 1. The van der Waals surface area contributed by atoms with E-state index in [9.17, 15) is 9.59 Å². The van der Waals surface area contributed by atoms with E-state index in [1.54, 1.807) is 0 Å². The molecule has 2 fully saturated rings. The van der Waals surface area contributed by atoms with Crippen LogP contribution in [0.4, 0.5) is 4.79 Å². The zero-order valence-electron chi connectivity index (χ0n) is 22.5. The summed E-state index contributed by atoms with van der Waals surface area (Å²) in [6.07, 6.45) is 9.79. The molecule has 2 aliphatic carbocycles. The summed E-state index contributed by atoms with van der Waals surface area (Å²) >= 11 is 0. The summed E-state index contributed by atoms with van der Waals surface area (Å²) in [5.41, 5.74) is 1.88. The average Bonchev–Trinajstić information content (AvgIpc) is 3.32. The number of carbonyl (C=O) groups is 2. The van der Waals surface area contributed by atoms with Gasteiger partial charge in [-0.15, -0.1) is 0 Å². The minimum absolute atomic E-state index is 0.0869. The highest BCUT2D eigenvalue weighted by molar-refractivity contribution is 5.98. The Kier molecular flexibility index (Phi) is 7.14. The first-order chi connectivity index (χ1) is 17.7. The smallest absolute Gasteiger partial charge is 0.410 e. The Hall–Kier alpha value is -2.73. The number of carbonyl (C=O) groups excluding carboxylic acids is 2. The maximum atomic E-state index is 13.7. The highest BCUT2D eigenvalue weighted by Crippen LogP contribution is 2.50. The quantitative estimate of drug-likeness (QED) is 0.448. The predicted octanol–water partition coefficient (Wildman–Crippen LogP) is 6.79. The van der Waals surface area contributed by atoms with Crippen LogP contribution in [-0.4, -0.2) is 46.1 Å². The van der Waals surface area contributed by atoms with Crippen molar-refractivity contribution in [3.63, 3.8) is 0 Å². The molecular weight excluding hydrogens is 464 g/mol. The van der Waals surface area contributed by atoms with Crippen molar-refractivity contribution >= 4 is 11.9 Å². The van der Waals surface area contributed by atoms with Crippen molar-refractivity contribution in [1.29, 1.82) is 0 Å². The van der Waals surface area contributed by atoms with Crippen LogP contribution >= 0.6 is 0 Å². The lowest BCUT2D eigenvalue weighted by molar-refractivity contribution is -0.105. The fraction of sp³-hybridized carbons (Fsp3) is 0.581. The largest absolute Gasteiger partial charge is 0.444 e. The molecule has 1 aromatic carbocycles. The molecule has 0 radical (unpaired) electrons. The number of hydrogen-bond donors (Lipinski definition) is 0. The van der Waals surface area contributed by atoms with Gasteiger partial charge in [0.25, 0.3) is 0 Å². The number of Topliss-reactive ketones (excluding diaryl/α,β-unsaturated/α-hetero) is 1. The number of aromatic nitrogens is 1. The van der Waals surface area contributed by atoms with E-state index >= 15 is 0 Å². The fourth-order valence-electron chi connectivity index (χ4n) is 6.75. The predicted molar refractivity (Wildman–Crippen MR) is 143 cm³/mol. The van der Waals surface area contributed by atoms with Crippen molar-refractivity contribution in [2.75, 3.05) is 13.2 Å². The fourth-order valence-corrected chi connectivity index (χ4v) is 6.75. The number of nitrogens with zero attached hydrogens (tertiary/aromatic N) is 2. The van der Waals surface area contributed by atoms with Gasteiger partial charge in [0.1, 0.15) is 5.60 Å². The molecule has 2 aromatic rings. The third-order valence-corrected chi connectivity index (χ3v) is 8.47. The Morgan fingerprint density at radius 1 is 1.11 bits per heavy atom. The van der Waals surface area contributed by atoms with Crippen LogP contribution in [0.2, 0.25) is 0 Å². The minimum atomic E-state index is -0.607. The average molecular weight is 505 g/mol. The number of benzene rings is 1. The monoisotopic (exact) mass is 504 g/mol. The second-order valence-electron chi connectivity index (χ2n) is 12.1. The highest BCUT2D eigenvalue weighted by Gasteiger charge is 2.49. The van der Waals surface area contributed by atoms with E-state index in [2.05, 4.69) is 12.1 Å². The standard InChI is InChI=1S/C31H40N2O4/c1-29(2,3)37-28(35)33(25-13-14-26(34)24-11-5-4-10-23(24)25)20-17-30(27-12-6-9-19-32-27)18-21-36-31(22-30)15-7-8-16-31/h4-6,9-12,19,25H,7-8,13-18,20-22H2,1-3H3/t25-,30+/m0/s1. The molecule has 0 unspecified atom stereocenters. The van der Waals surface area contributed by atoms with Gasteiger partial charge >= 0.3 is 6.09 Å². The maximum absolute atomic E-state index is 13.7. The van der Waals surface area contributed by atoms with Crippen molar-refractivity contribution in [3.05, 3.63) is 65.5 Å². The van der Waals surface area contributed by atoms with E-state index in [1.165, 1.54) is 12.8 Å². The zero-order chi connectivity index (χ0) is 26.1. The number of ether oxygens (including phenoxy) is 2. The summed E-state index contributed by atoms with van der Waals surface area (Å²) in [6, 6.07) is 13.7. The number of fused-ring (bicyclic) bond motifs is 1. The van der Waals surface area contributed by atoms with Crippen LogP contribution in [0.5, 0.6) is 0 Å². The van der Waals surface area contributed by atoms with Crippen LogP contribution in [0.15, 0.2) is 48.7 Å². The summed E-state index contributed by atoms with van der Waals surface area (Å²) < 4.78 is 12.4. The SMILES string of the molecule is CC(C)(C)OC(=O)N(CC[C@@]1(c2ccccn2)CCOC2(CCCC2)C1)[C@H]1CCC(=O)c2ccccc21. The third-order valence-electron chi connectivity index (χ3n) is 8.47. The summed E-state index contributed by atoms with van der Waals surface area (Å²) in [7, 11) is 0. The molecule has 0 N–H and O–H groups in total. The molecule has 1 spiro atoms. The van der Waals surface area contributed by atoms with Gasteiger partial charge in [0, 0.05) is 42.4 Å². The highest BCUT2D eigenvalue weighted by atomic mass is 16.6. The van der Waals surface area contributed by atoms with Crippen LogP contribution in [0, 0.1) is 0 Å². The molecule has 5 rings (SSSR count). The van der Waals surface area contributed by atoms with E-state index in [4.69, 9.17) is 14.5 Å². The molecule has 37 heavy (non-hydrogen) atoms. The molecule has 0 bridgehead atoms. The van der Waals surface area contributed by atoms with Gasteiger partial charge in [-0.25, -0.2) is 4.79 Å². The lowest BCUT2D eigenvalue weighted by Crippen LogP contribution is -2.49. The topological polar surface area (TPSA) is 68.7 Å². The van der Waals surface area contributed by atoms with Gasteiger partial charge in [0.15, 0.2) is 5.78 Å². The van der Waals surface area contributed by atoms with Crippen molar-refractivity contribution < 1.29 is 19.1 Å². The molecule has 1 saturated carbocycles. The van der Waals surface area contributed by atoms with Gasteiger partial charge in [-0.3, -0.25) is 9.78 Å². The first kappa shape index (κ1) is 25.9. The Labute approximate surface area is 220 Å². The third kappa shape index (κ3) is 5.45. The maximum Gasteiger partial charge on any atom is 0.410 e. The summed E-state index contributed by atoms with van der Waals surface area (Å²) in [5.74, 6) is 0.147. The Bertz CT molecular complexity index is 1120. The number of rotatable bonds is 5. The normalized spacial score (nSPS) is 25.1. The Balaban J connectivity index is 1.48. The van der Waals surface area contributed by atoms with Gasteiger partial charge in [0.2, 0.25) is 0 Å². The van der Waals surface area contributed by atoms with E-state index in [0.717, 1.165) is 48.9 Å². The molecule has 198 valence electrons. The van der Waals surface area contributed by atoms with Crippen LogP contribution < -0.4 is 0 Å². The van der Waals surface area contributed by atoms with Crippen molar-refractivity contribution in [2.24, 2.45) is 0 Å². The number of hydrogen-bond acceptors (Lipinski definition) is 5. The van der Waals surface area contributed by atoms with E-state index in [-0.39, 0.29) is 28.9 Å². The molecule has 1 aromatic heterocycles. The lowest BCUT2D eigenvalue weighted by Gasteiger charge is -2.47. The van der Waals surface area contributed by atoms with Crippen molar-refractivity contribution in [1.82, 2.24) is 9.88 Å². The zero-order valence-corrected chi connectivity index (χ0v) is 22.5. The molecule has 2 heterocycles. The van der Waals surface area contributed by atoms with Crippen LogP contribution in [0.3, 0.4) is 0 Å². The second kappa shape index (κ2) is 10.2. The van der Waals surface area contributed by atoms with Gasteiger partial charge < -0.3 is 14.4 Å². The number of amides is 1. The van der Waals surface area contributed by atoms with Gasteiger partial charge in [-0.1, -0.05) is 43.2 Å². The molecule has 6 heteroatoms. The van der Waals surface area contributed by atoms with E-state index < -0.39 is 5.60 Å². The number of pyridine rings is 1. The van der Waals surface area contributed by atoms with Crippen LogP contribution in [0.1, 0.15) is 106 Å². The van der Waals surface area contributed by atoms with Gasteiger partial charge in [0.05, 0.1) is 11.6 Å². The molecule has 1 amide bonds. The first-order valence-corrected chi connectivity index (χ1v) is 13.9. The lowest BCUT2D eigenvalue weighted by atomic mass is 9.67. The van der Waals surface area contributed by atoms with E-state index in [0.29, 0.717) is 26.0 Å². The van der Waals surface area contributed by atoms with Gasteiger partial charge in [-0.2, -0.15) is 0 Å². The molecule has 1 saturated heterocycles. The Morgan fingerprint density at radius 2 is 1.86 bits per heavy atom. The molecule has 6 nitrogen and oxygen atoms in total. The Morgan fingerprint density at radius 3 is 2.59 bits per heavy atom. The van der Waals surface area contributed by atoms with E-state index in [1.807, 2.05) is 62.2 Å². The second-order valence-corrected chi connectivity index (χ2v) is 12.1. The molecule has 1 aliphatic heterocycles. The summed E-state index contributed by atoms with van der Waals surface area (Å²) in [5, 5.41) is 0. The van der Waals surface area contributed by atoms with Crippen molar-refractivity contribution in [3.8, 4) is 0 Å². The van der Waals surface area contributed by atoms with Gasteiger partial charge in [-0.05, 0) is 77.0 Å².